The molecule has 0 aromatic heterocycles. The lowest BCUT2D eigenvalue weighted by Gasteiger charge is -2.27. The zero-order chi connectivity index (χ0) is 13.2. The molecule has 1 amide bonds. The van der Waals surface area contributed by atoms with E-state index in [2.05, 4.69) is 22.1 Å². The molecule has 1 saturated heterocycles. The molecule has 0 bridgehead atoms. The van der Waals surface area contributed by atoms with Gasteiger partial charge in [0, 0.05) is 39.3 Å². The van der Waals surface area contributed by atoms with Crippen LogP contribution in [0.5, 0.6) is 0 Å². The van der Waals surface area contributed by atoms with Crippen molar-refractivity contribution < 1.29 is 9.53 Å². The first-order valence-corrected chi connectivity index (χ1v) is 6.67. The second kappa shape index (κ2) is 9.08. The zero-order valence-electron chi connectivity index (χ0n) is 11.3. The van der Waals surface area contributed by atoms with Crippen LogP contribution < -0.4 is 10.6 Å². The minimum Gasteiger partial charge on any atom is -0.368 e. The Kier molecular flexibility index (Phi) is 7.64. The summed E-state index contributed by atoms with van der Waals surface area (Å²) < 4.78 is 5.38. The van der Waals surface area contributed by atoms with Gasteiger partial charge in [-0.1, -0.05) is 6.08 Å². The van der Waals surface area contributed by atoms with Crippen LogP contribution in [0.4, 0.5) is 0 Å². The Morgan fingerprint density at radius 1 is 1.56 bits per heavy atom. The summed E-state index contributed by atoms with van der Waals surface area (Å²) in [6.45, 7) is 11.7. The van der Waals surface area contributed by atoms with Crippen LogP contribution >= 0.6 is 0 Å². The highest BCUT2D eigenvalue weighted by Gasteiger charge is 2.13. The van der Waals surface area contributed by atoms with E-state index in [-0.39, 0.29) is 12.0 Å². The van der Waals surface area contributed by atoms with Crippen molar-refractivity contribution in [3.05, 3.63) is 12.7 Å². The Hall–Kier alpha value is -0.910. The molecule has 1 unspecified atom stereocenters. The van der Waals surface area contributed by atoms with E-state index in [1.807, 2.05) is 0 Å². The molecule has 0 radical (unpaired) electrons. The van der Waals surface area contributed by atoms with Gasteiger partial charge in [0.15, 0.2) is 0 Å². The van der Waals surface area contributed by atoms with Gasteiger partial charge in [0.25, 0.3) is 0 Å². The molecule has 104 valence electrons. The molecule has 1 rings (SSSR count). The molecular formula is C13H25N3O2. The van der Waals surface area contributed by atoms with Crippen LogP contribution in [0.3, 0.4) is 0 Å². The molecule has 1 aliphatic heterocycles. The van der Waals surface area contributed by atoms with Gasteiger partial charge in [0.1, 0.15) is 6.10 Å². The summed E-state index contributed by atoms with van der Waals surface area (Å²) in [5.41, 5.74) is 0. The fourth-order valence-corrected chi connectivity index (χ4v) is 1.82. The second-order valence-corrected chi connectivity index (χ2v) is 4.47. The van der Waals surface area contributed by atoms with Gasteiger partial charge in [-0.05, 0) is 13.3 Å². The Morgan fingerprint density at radius 2 is 2.28 bits per heavy atom. The van der Waals surface area contributed by atoms with E-state index < -0.39 is 0 Å². The first kappa shape index (κ1) is 15.1. The standard InChI is InChI=1S/C13H25N3O2/c1-3-4-11-18-12(2)13(17)15-7-10-16-8-5-14-6-9-16/h3,12,14H,1,4-11H2,2H3,(H,15,17). The number of hydrogen-bond donors (Lipinski definition) is 2. The zero-order valence-corrected chi connectivity index (χ0v) is 11.3. The van der Waals surface area contributed by atoms with E-state index in [1.54, 1.807) is 13.0 Å². The summed E-state index contributed by atoms with van der Waals surface area (Å²) in [6, 6.07) is 0. The number of nitrogens with one attached hydrogen (secondary N) is 2. The third kappa shape index (κ3) is 6.14. The summed E-state index contributed by atoms with van der Waals surface area (Å²) in [5.74, 6) is -0.0332. The number of carbonyl (C=O) groups excluding carboxylic acids is 1. The Labute approximate surface area is 110 Å². The van der Waals surface area contributed by atoms with E-state index in [9.17, 15) is 4.79 Å². The van der Waals surface area contributed by atoms with E-state index in [0.717, 1.165) is 39.1 Å². The lowest BCUT2D eigenvalue weighted by molar-refractivity contribution is -0.131. The average molecular weight is 255 g/mol. The molecular weight excluding hydrogens is 230 g/mol. The fourth-order valence-electron chi connectivity index (χ4n) is 1.82. The Morgan fingerprint density at radius 3 is 2.94 bits per heavy atom. The van der Waals surface area contributed by atoms with Gasteiger partial charge in [0.2, 0.25) is 5.91 Å². The van der Waals surface area contributed by atoms with Gasteiger partial charge in [-0.25, -0.2) is 0 Å². The maximum Gasteiger partial charge on any atom is 0.248 e. The third-order valence-corrected chi connectivity index (χ3v) is 3.00. The molecule has 2 N–H and O–H groups in total. The maximum absolute atomic E-state index is 11.7. The van der Waals surface area contributed by atoms with Crippen molar-refractivity contribution in [3.8, 4) is 0 Å². The summed E-state index contributed by atoms with van der Waals surface area (Å²) in [5, 5.41) is 6.21. The lowest BCUT2D eigenvalue weighted by atomic mass is 10.3. The molecule has 5 heteroatoms. The number of hydrogen-bond acceptors (Lipinski definition) is 4. The van der Waals surface area contributed by atoms with Crippen molar-refractivity contribution in [3.63, 3.8) is 0 Å². The summed E-state index contributed by atoms with van der Waals surface area (Å²) in [4.78, 5) is 14.0. The van der Waals surface area contributed by atoms with E-state index >= 15 is 0 Å². The van der Waals surface area contributed by atoms with Crippen LogP contribution in [-0.2, 0) is 9.53 Å². The van der Waals surface area contributed by atoms with E-state index in [0.29, 0.717) is 13.2 Å². The van der Waals surface area contributed by atoms with Crippen molar-refractivity contribution in [2.24, 2.45) is 0 Å². The number of amides is 1. The summed E-state index contributed by atoms with van der Waals surface area (Å²) >= 11 is 0. The highest BCUT2D eigenvalue weighted by Crippen LogP contribution is 1.94. The molecule has 0 saturated carbocycles. The molecule has 5 nitrogen and oxygen atoms in total. The molecule has 0 spiro atoms. The predicted molar refractivity (Wildman–Crippen MR) is 72.5 cm³/mol. The van der Waals surface area contributed by atoms with E-state index in [1.165, 1.54) is 0 Å². The minimum atomic E-state index is -0.382. The average Bonchev–Trinajstić information content (AvgIpc) is 2.40. The topological polar surface area (TPSA) is 53.6 Å². The van der Waals surface area contributed by atoms with Crippen LogP contribution in [0.1, 0.15) is 13.3 Å². The molecule has 1 heterocycles. The molecule has 18 heavy (non-hydrogen) atoms. The fraction of sp³-hybridized carbons (Fsp3) is 0.769. The second-order valence-electron chi connectivity index (χ2n) is 4.47. The summed E-state index contributed by atoms with van der Waals surface area (Å²) in [7, 11) is 0. The van der Waals surface area contributed by atoms with E-state index in [4.69, 9.17) is 4.74 Å². The SMILES string of the molecule is C=CCCOC(C)C(=O)NCCN1CCNCC1. The normalized spacial score (nSPS) is 18.3. The number of carbonyl (C=O) groups is 1. The molecule has 0 aromatic carbocycles. The van der Waals surface area contributed by atoms with Crippen molar-refractivity contribution in [2.75, 3.05) is 45.9 Å². The van der Waals surface area contributed by atoms with Crippen LogP contribution in [0.2, 0.25) is 0 Å². The smallest absolute Gasteiger partial charge is 0.248 e. The molecule has 1 fully saturated rings. The van der Waals surface area contributed by atoms with Crippen molar-refractivity contribution in [1.82, 2.24) is 15.5 Å². The highest BCUT2D eigenvalue weighted by molar-refractivity contribution is 5.80. The van der Waals surface area contributed by atoms with Crippen LogP contribution in [-0.4, -0.2) is 62.8 Å². The predicted octanol–water partition coefficient (Wildman–Crippen LogP) is -0.0110. The lowest BCUT2D eigenvalue weighted by Crippen LogP contribution is -2.47. The third-order valence-electron chi connectivity index (χ3n) is 3.00. The first-order valence-electron chi connectivity index (χ1n) is 6.67. The van der Waals surface area contributed by atoms with Crippen LogP contribution in [0, 0.1) is 0 Å². The number of rotatable bonds is 8. The molecule has 1 atom stereocenters. The first-order chi connectivity index (χ1) is 8.74. The van der Waals surface area contributed by atoms with Crippen LogP contribution in [0.15, 0.2) is 12.7 Å². The maximum atomic E-state index is 11.7. The minimum absolute atomic E-state index is 0.0332. The quantitative estimate of drug-likeness (QED) is 0.473. The molecule has 0 aliphatic carbocycles. The monoisotopic (exact) mass is 255 g/mol. The van der Waals surface area contributed by atoms with Gasteiger partial charge in [0.05, 0.1) is 6.61 Å². The van der Waals surface area contributed by atoms with Crippen molar-refractivity contribution in [2.45, 2.75) is 19.4 Å². The Balaban J connectivity index is 2.06. The van der Waals surface area contributed by atoms with Crippen molar-refractivity contribution in [1.29, 1.82) is 0 Å². The number of nitrogens with zero attached hydrogens (tertiary/aromatic N) is 1. The molecule has 1 aliphatic rings. The highest BCUT2D eigenvalue weighted by atomic mass is 16.5. The number of piperazine rings is 1. The largest absolute Gasteiger partial charge is 0.368 e. The van der Waals surface area contributed by atoms with Gasteiger partial charge in [-0.2, -0.15) is 0 Å². The van der Waals surface area contributed by atoms with Gasteiger partial charge in [-0.3, -0.25) is 9.69 Å². The van der Waals surface area contributed by atoms with Gasteiger partial charge in [-0.15, -0.1) is 6.58 Å². The Bertz CT molecular complexity index is 253. The summed E-state index contributed by atoms with van der Waals surface area (Å²) in [6.07, 6.45) is 2.18. The number of ether oxygens (including phenoxy) is 1. The molecule has 0 aromatic rings. The van der Waals surface area contributed by atoms with Crippen LogP contribution in [0.25, 0.3) is 0 Å². The van der Waals surface area contributed by atoms with Gasteiger partial charge >= 0.3 is 0 Å². The van der Waals surface area contributed by atoms with Crippen molar-refractivity contribution >= 4 is 5.91 Å². The van der Waals surface area contributed by atoms with Gasteiger partial charge < -0.3 is 15.4 Å².